The zero-order valence-corrected chi connectivity index (χ0v) is 10.1. The van der Waals surface area contributed by atoms with E-state index < -0.39 is 0 Å². The Balaban J connectivity index is 2.56. The number of hydrogen-bond donors (Lipinski definition) is 2. The highest BCUT2D eigenvalue weighted by Gasteiger charge is 2.00. The first-order valence-electron chi connectivity index (χ1n) is 3.85. The number of halogens is 2. The molecule has 1 aromatic rings. The monoisotopic (exact) mass is 308 g/mol. The van der Waals surface area contributed by atoms with E-state index in [4.69, 9.17) is 5.11 Å². The molecule has 5 heteroatoms. The van der Waals surface area contributed by atoms with Crippen molar-refractivity contribution in [1.82, 2.24) is 10.3 Å². The number of nitrogens with one attached hydrogen (secondary N) is 1. The Kier molecular flexibility index (Phi) is 4.87. The van der Waals surface area contributed by atoms with Crippen molar-refractivity contribution < 1.29 is 5.11 Å². The summed E-state index contributed by atoms with van der Waals surface area (Å²) in [4.78, 5) is 4.21. The molecule has 0 saturated heterocycles. The molecule has 72 valence electrons. The molecule has 2 N–H and O–H groups in total. The standard InChI is InChI=1S/C8H10Br2N2O/c9-6-3-7(10)8(12-4-6)5-11-1-2-13/h3-4,11,13H,1-2,5H2. The first-order valence-corrected chi connectivity index (χ1v) is 5.44. The van der Waals surface area contributed by atoms with Gasteiger partial charge in [0.05, 0.1) is 12.3 Å². The van der Waals surface area contributed by atoms with Crippen LogP contribution >= 0.6 is 31.9 Å². The molecule has 13 heavy (non-hydrogen) atoms. The van der Waals surface area contributed by atoms with Gasteiger partial charge in [-0.3, -0.25) is 4.98 Å². The second-order valence-corrected chi connectivity index (χ2v) is 4.25. The van der Waals surface area contributed by atoms with Crippen molar-refractivity contribution in [2.24, 2.45) is 0 Å². The van der Waals surface area contributed by atoms with Crippen LogP contribution in [0.2, 0.25) is 0 Å². The van der Waals surface area contributed by atoms with Gasteiger partial charge >= 0.3 is 0 Å². The molecular weight excluding hydrogens is 300 g/mol. The molecule has 0 bridgehead atoms. The summed E-state index contributed by atoms with van der Waals surface area (Å²) in [6, 6.07) is 1.95. The third-order valence-corrected chi connectivity index (χ3v) is 2.59. The van der Waals surface area contributed by atoms with Gasteiger partial charge in [-0.15, -0.1) is 0 Å². The van der Waals surface area contributed by atoms with Gasteiger partial charge in [0.2, 0.25) is 0 Å². The molecule has 0 aliphatic rings. The van der Waals surface area contributed by atoms with E-state index in [0.717, 1.165) is 14.6 Å². The summed E-state index contributed by atoms with van der Waals surface area (Å²) in [5.41, 5.74) is 0.941. The number of pyridine rings is 1. The first kappa shape index (κ1) is 11.1. The van der Waals surface area contributed by atoms with Gasteiger partial charge in [0.25, 0.3) is 0 Å². The Bertz CT molecular complexity index is 281. The van der Waals surface area contributed by atoms with Crippen LogP contribution in [-0.2, 0) is 6.54 Å². The maximum atomic E-state index is 8.56. The van der Waals surface area contributed by atoms with Crippen LogP contribution in [0.4, 0.5) is 0 Å². The summed E-state index contributed by atoms with van der Waals surface area (Å²) in [5, 5.41) is 11.6. The molecule has 0 fully saturated rings. The second-order valence-electron chi connectivity index (χ2n) is 2.48. The van der Waals surface area contributed by atoms with E-state index >= 15 is 0 Å². The van der Waals surface area contributed by atoms with Gasteiger partial charge in [-0.25, -0.2) is 0 Å². The molecule has 0 spiro atoms. The number of aliphatic hydroxyl groups excluding tert-OH is 1. The van der Waals surface area contributed by atoms with E-state index in [2.05, 4.69) is 42.2 Å². The van der Waals surface area contributed by atoms with E-state index in [1.165, 1.54) is 0 Å². The van der Waals surface area contributed by atoms with Crippen LogP contribution in [0.1, 0.15) is 5.69 Å². The van der Waals surface area contributed by atoms with Gasteiger partial charge in [-0.05, 0) is 37.9 Å². The van der Waals surface area contributed by atoms with Crippen LogP contribution in [-0.4, -0.2) is 23.2 Å². The van der Waals surface area contributed by atoms with Crippen LogP contribution in [0.5, 0.6) is 0 Å². The molecule has 0 aromatic carbocycles. The van der Waals surface area contributed by atoms with Gasteiger partial charge in [0.1, 0.15) is 0 Å². The minimum atomic E-state index is 0.147. The molecule has 0 unspecified atom stereocenters. The van der Waals surface area contributed by atoms with Gasteiger partial charge in [-0.2, -0.15) is 0 Å². The minimum absolute atomic E-state index is 0.147. The Morgan fingerprint density at radius 2 is 2.23 bits per heavy atom. The van der Waals surface area contributed by atoms with Crippen molar-refractivity contribution in [2.75, 3.05) is 13.2 Å². The lowest BCUT2D eigenvalue weighted by Crippen LogP contribution is -2.18. The molecule has 3 nitrogen and oxygen atoms in total. The Morgan fingerprint density at radius 1 is 1.46 bits per heavy atom. The van der Waals surface area contributed by atoms with Gasteiger partial charge in [-0.1, -0.05) is 0 Å². The summed E-state index contributed by atoms with van der Waals surface area (Å²) < 4.78 is 1.91. The summed E-state index contributed by atoms with van der Waals surface area (Å²) in [6.07, 6.45) is 1.75. The second kappa shape index (κ2) is 5.70. The largest absolute Gasteiger partial charge is 0.395 e. The van der Waals surface area contributed by atoms with Crippen LogP contribution in [0, 0.1) is 0 Å². The molecule has 0 saturated carbocycles. The molecule has 0 atom stereocenters. The lowest BCUT2D eigenvalue weighted by atomic mass is 10.3. The topological polar surface area (TPSA) is 45.1 Å². The Morgan fingerprint density at radius 3 is 2.85 bits per heavy atom. The molecule has 1 aromatic heterocycles. The summed E-state index contributed by atoms with van der Waals surface area (Å²) in [6.45, 7) is 1.40. The Hall–Kier alpha value is 0.0300. The lowest BCUT2D eigenvalue weighted by Gasteiger charge is -2.04. The van der Waals surface area contributed by atoms with Crippen LogP contribution < -0.4 is 5.32 Å². The SMILES string of the molecule is OCCNCc1ncc(Br)cc1Br. The molecular formula is C8H10Br2N2O. The van der Waals surface area contributed by atoms with Crippen molar-refractivity contribution in [2.45, 2.75) is 6.54 Å². The number of nitrogens with zero attached hydrogens (tertiary/aromatic N) is 1. The third-order valence-electron chi connectivity index (χ3n) is 1.47. The van der Waals surface area contributed by atoms with Gasteiger partial charge in [0, 0.05) is 28.2 Å². The molecule has 1 rings (SSSR count). The predicted octanol–water partition coefficient (Wildman–Crippen LogP) is 1.69. The maximum absolute atomic E-state index is 8.56. The van der Waals surface area contributed by atoms with E-state index in [9.17, 15) is 0 Å². The molecule has 0 amide bonds. The fourth-order valence-electron chi connectivity index (χ4n) is 0.859. The van der Waals surface area contributed by atoms with Crippen molar-refractivity contribution in [3.8, 4) is 0 Å². The van der Waals surface area contributed by atoms with E-state index in [1.807, 2.05) is 6.07 Å². The number of aliphatic hydroxyl groups is 1. The van der Waals surface area contributed by atoms with Crippen molar-refractivity contribution in [3.63, 3.8) is 0 Å². The number of rotatable bonds is 4. The average Bonchev–Trinajstić information content (AvgIpc) is 2.09. The molecule has 0 aliphatic heterocycles. The van der Waals surface area contributed by atoms with E-state index in [0.29, 0.717) is 13.1 Å². The predicted molar refractivity (Wildman–Crippen MR) is 58.4 cm³/mol. The average molecular weight is 310 g/mol. The van der Waals surface area contributed by atoms with Crippen molar-refractivity contribution in [3.05, 3.63) is 26.9 Å². The lowest BCUT2D eigenvalue weighted by molar-refractivity contribution is 0.291. The zero-order chi connectivity index (χ0) is 9.68. The highest BCUT2D eigenvalue weighted by molar-refractivity contribution is 9.11. The van der Waals surface area contributed by atoms with Gasteiger partial charge < -0.3 is 10.4 Å². The van der Waals surface area contributed by atoms with Crippen LogP contribution in [0.3, 0.4) is 0 Å². The first-order chi connectivity index (χ1) is 6.24. The normalized spacial score (nSPS) is 10.4. The van der Waals surface area contributed by atoms with Crippen LogP contribution in [0.25, 0.3) is 0 Å². The van der Waals surface area contributed by atoms with Gasteiger partial charge in [0.15, 0.2) is 0 Å². The third kappa shape index (κ3) is 3.72. The van der Waals surface area contributed by atoms with Crippen molar-refractivity contribution in [1.29, 1.82) is 0 Å². The fourth-order valence-corrected chi connectivity index (χ4v) is 1.99. The maximum Gasteiger partial charge on any atom is 0.0684 e. The smallest absolute Gasteiger partial charge is 0.0684 e. The summed E-state index contributed by atoms with van der Waals surface area (Å²) in [7, 11) is 0. The summed E-state index contributed by atoms with van der Waals surface area (Å²) in [5.74, 6) is 0. The number of aromatic nitrogens is 1. The van der Waals surface area contributed by atoms with Crippen molar-refractivity contribution >= 4 is 31.9 Å². The van der Waals surface area contributed by atoms with E-state index in [1.54, 1.807) is 6.20 Å². The summed E-state index contributed by atoms with van der Waals surface area (Å²) >= 11 is 6.73. The molecule has 0 aliphatic carbocycles. The number of hydrogen-bond acceptors (Lipinski definition) is 3. The zero-order valence-electron chi connectivity index (χ0n) is 6.93. The highest BCUT2D eigenvalue weighted by atomic mass is 79.9. The highest BCUT2D eigenvalue weighted by Crippen LogP contribution is 2.19. The molecule has 0 radical (unpaired) electrons. The minimum Gasteiger partial charge on any atom is -0.395 e. The van der Waals surface area contributed by atoms with Crippen LogP contribution in [0.15, 0.2) is 21.2 Å². The van der Waals surface area contributed by atoms with E-state index in [-0.39, 0.29) is 6.61 Å². The quantitative estimate of drug-likeness (QED) is 0.832. The molecule has 1 heterocycles. The Labute approximate surface area is 93.8 Å². The fraction of sp³-hybridized carbons (Fsp3) is 0.375.